The molecule has 0 heterocycles. The lowest BCUT2D eigenvalue weighted by Gasteiger charge is -2.41. The third kappa shape index (κ3) is 3.18. The molecule has 3 nitrogen and oxygen atoms in total. The predicted octanol–water partition coefficient (Wildman–Crippen LogP) is 0.922. The van der Waals surface area contributed by atoms with E-state index in [4.69, 9.17) is 4.84 Å². The summed E-state index contributed by atoms with van der Waals surface area (Å²) in [6, 6.07) is 0. The molecule has 11 heavy (non-hydrogen) atoms. The first-order valence-electron chi connectivity index (χ1n) is 3.85. The Kier molecular flexibility index (Phi) is 3.06. The summed E-state index contributed by atoms with van der Waals surface area (Å²) in [6.07, 6.45) is 0. The molecule has 0 aromatic rings. The molecular weight excluding hydrogens is 140 g/mol. The Labute approximate surface area is 70.1 Å². The summed E-state index contributed by atoms with van der Waals surface area (Å²) in [5.74, 6) is 0. The maximum Gasteiger partial charge on any atom is 0.215 e. The topological polar surface area (TPSA) is 12.5 Å². The van der Waals surface area contributed by atoms with Crippen LogP contribution in [0.25, 0.3) is 0 Å². The average molecular weight is 161 g/mol. The van der Waals surface area contributed by atoms with Crippen LogP contribution in [0.1, 0.15) is 13.8 Å². The number of hydrogen-bond donors (Lipinski definition) is 0. The second-order valence-electron chi connectivity index (χ2n) is 4.36. The summed E-state index contributed by atoms with van der Waals surface area (Å²) in [5, 5.41) is 1.74. The zero-order valence-corrected chi connectivity index (χ0v) is 8.80. The van der Waals surface area contributed by atoms with Crippen LogP contribution in [0.4, 0.5) is 0 Å². The minimum atomic E-state index is -0.177. The summed E-state index contributed by atoms with van der Waals surface area (Å²) in [7, 11) is 10.1. The number of hydrogen-bond acceptors (Lipinski definition) is 2. The van der Waals surface area contributed by atoms with Gasteiger partial charge in [-0.25, -0.2) is 4.84 Å². The molecule has 68 valence electrons. The van der Waals surface area contributed by atoms with Crippen LogP contribution in [0.5, 0.6) is 0 Å². The van der Waals surface area contributed by atoms with Crippen molar-refractivity contribution in [2.24, 2.45) is 0 Å². The van der Waals surface area contributed by atoms with Crippen molar-refractivity contribution < 1.29 is 9.32 Å². The smallest absolute Gasteiger partial charge is 0.215 e. The zero-order valence-electron chi connectivity index (χ0n) is 8.80. The minimum absolute atomic E-state index is 0.177. The van der Waals surface area contributed by atoms with E-state index in [1.165, 1.54) is 0 Å². The normalized spacial score (nSPS) is 14.2. The third-order valence-corrected chi connectivity index (χ3v) is 2.02. The van der Waals surface area contributed by atoms with Gasteiger partial charge in [-0.15, -0.1) is 0 Å². The molecule has 0 spiro atoms. The van der Waals surface area contributed by atoms with Crippen LogP contribution in [0, 0.1) is 0 Å². The number of nitrogens with zero attached hydrogens (tertiary/aromatic N) is 2. The molecule has 0 rings (SSSR count). The summed E-state index contributed by atoms with van der Waals surface area (Å²) in [4.78, 5) is 5.61. The van der Waals surface area contributed by atoms with Crippen LogP contribution in [-0.2, 0) is 4.84 Å². The van der Waals surface area contributed by atoms with Gasteiger partial charge in [-0.1, -0.05) is 0 Å². The Bertz CT molecular complexity index is 125. The fourth-order valence-corrected chi connectivity index (χ4v) is 0.569. The van der Waals surface area contributed by atoms with Crippen molar-refractivity contribution in [1.82, 2.24) is 5.06 Å². The highest BCUT2D eigenvalue weighted by atomic mass is 16.7. The SMILES string of the molecule is CN(C)OC(C)(C)[N+](C)(C)C. The maximum atomic E-state index is 5.61. The van der Waals surface area contributed by atoms with Crippen LogP contribution in [0.15, 0.2) is 0 Å². The van der Waals surface area contributed by atoms with E-state index in [2.05, 4.69) is 35.0 Å². The van der Waals surface area contributed by atoms with Gasteiger partial charge in [-0.05, 0) is 0 Å². The molecule has 0 aromatic heterocycles. The maximum absolute atomic E-state index is 5.61. The van der Waals surface area contributed by atoms with Gasteiger partial charge in [-0.2, -0.15) is 5.06 Å². The Balaban J connectivity index is 4.22. The van der Waals surface area contributed by atoms with Crippen molar-refractivity contribution in [3.63, 3.8) is 0 Å². The van der Waals surface area contributed by atoms with Crippen molar-refractivity contribution in [3.05, 3.63) is 0 Å². The molecule has 3 heteroatoms. The molecule has 0 aliphatic rings. The minimum Gasteiger partial charge on any atom is -0.303 e. The van der Waals surface area contributed by atoms with E-state index in [0.29, 0.717) is 0 Å². The van der Waals surface area contributed by atoms with Crippen LogP contribution in [0.2, 0.25) is 0 Å². The molecule has 0 N–H and O–H groups in total. The third-order valence-electron chi connectivity index (χ3n) is 2.02. The van der Waals surface area contributed by atoms with Gasteiger partial charge in [0.25, 0.3) is 0 Å². The summed E-state index contributed by atoms with van der Waals surface area (Å²) in [6.45, 7) is 4.15. The van der Waals surface area contributed by atoms with E-state index in [1.807, 2.05) is 14.1 Å². The van der Waals surface area contributed by atoms with E-state index in [1.54, 1.807) is 5.06 Å². The van der Waals surface area contributed by atoms with E-state index >= 15 is 0 Å². The van der Waals surface area contributed by atoms with Crippen LogP contribution in [-0.4, -0.2) is 50.5 Å². The van der Waals surface area contributed by atoms with Gasteiger partial charge in [0.15, 0.2) is 0 Å². The number of quaternary nitrogens is 1. The average Bonchev–Trinajstić information content (AvgIpc) is 1.56. The fourth-order valence-electron chi connectivity index (χ4n) is 0.569. The van der Waals surface area contributed by atoms with Gasteiger partial charge in [0.05, 0.1) is 21.1 Å². The molecule has 0 aliphatic heterocycles. The summed E-state index contributed by atoms with van der Waals surface area (Å²) >= 11 is 0. The molecule has 0 saturated heterocycles. The molecule has 0 radical (unpaired) electrons. The zero-order chi connectivity index (χ0) is 9.28. The lowest BCUT2D eigenvalue weighted by atomic mass is 10.2. The van der Waals surface area contributed by atoms with Gasteiger partial charge in [0.2, 0.25) is 5.72 Å². The molecule has 0 aliphatic carbocycles. The summed E-state index contributed by atoms with van der Waals surface area (Å²) < 4.78 is 0.783. The Morgan fingerprint density at radius 3 is 1.55 bits per heavy atom. The number of hydroxylamine groups is 2. The molecule has 0 aromatic carbocycles. The first-order valence-corrected chi connectivity index (χ1v) is 3.85. The van der Waals surface area contributed by atoms with Crippen molar-refractivity contribution in [2.75, 3.05) is 35.2 Å². The number of rotatable bonds is 3. The quantitative estimate of drug-likeness (QED) is 0.347. The van der Waals surface area contributed by atoms with Crippen LogP contribution >= 0.6 is 0 Å². The molecule has 0 bridgehead atoms. The molecule has 0 amide bonds. The second-order valence-corrected chi connectivity index (χ2v) is 4.36. The van der Waals surface area contributed by atoms with Crippen molar-refractivity contribution in [2.45, 2.75) is 19.6 Å². The highest BCUT2D eigenvalue weighted by Crippen LogP contribution is 2.18. The van der Waals surface area contributed by atoms with Crippen molar-refractivity contribution in [3.8, 4) is 0 Å². The van der Waals surface area contributed by atoms with Crippen molar-refractivity contribution >= 4 is 0 Å². The van der Waals surface area contributed by atoms with Crippen LogP contribution < -0.4 is 0 Å². The Morgan fingerprint density at radius 2 is 1.45 bits per heavy atom. The van der Waals surface area contributed by atoms with Gasteiger partial charge in [-0.3, -0.25) is 0 Å². The van der Waals surface area contributed by atoms with Gasteiger partial charge in [0, 0.05) is 27.9 Å². The van der Waals surface area contributed by atoms with Crippen molar-refractivity contribution in [1.29, 1.82) is 0 Å². The standard InChI is InChI=1S/C8H21N2O/c1-8(2,10(5,6)7)11-9(3)4/h1-7H3/q+1. The Morgan fingerprint density at radius 1 is 1.09 bits per heavy atom. The second kappa shape index (κ2) is 3.09. The lowest BCUT2D eigenvalue weighted by molar-refractivity contribution is -0.952. The highest BCUT2D eigenvalue weighted by Gasteiger charge is 2.34. The predicted molar refractivity (Wildman–Crippen MR) is 46.9 cm³/mol. The Hall–Kier alpha value is -0.120. The lowest BCUT2D eigenvalue weighted by Crippen LogP contribution is -2.56. The first-order chi connectivity index (χ1) is 4.67. The van der Waals surface area contributed by atoms with Gasteiger partial charge in [0.1, 0.15) is 0 Å². The fraction of sp³-hybridized carbons (Fsp3) is 1.00. The molecule has 0 unspecified atom stereocenters. The van der Waals surface area contributed by atoms with E-state index in [9.17, 15) is 0 Å². The first kappa shape index (κ1) is 10.9. The molecule has 0 fully saturated rings. The molecule has 0 atom stereocenters. The van der Waals surface area contributed by atoms with E-state index in [0.717, 1.165) is 4.48 Å². The van der Waals surface area contributed by atoms with E-state index in [-0.39, 0.29) is 5.72 Å². The summed E-state index contributed by atoms with van der Waals surface area (Å²) in [5.41, 5.74) is -0.177. The van der Waals surface area contributed by atoms with Gasteiger partial charge < -0.3 is 4.48 Å². The van der Waals surface area contributed by atoms with Gasteiger partial charge >= 0.3 is 0 Å². The molecule has 0 saturated carbocycles. The van der Waals surface area contributed by atoms with E-state index < -0.39 is 0 Å². The molecular formula is C8H21N2O+. The highest BCUT2D eigenvalue weighted by molar-refractivity contribution is 4.50. The monoisotopic (exact) mass is 161 g/mol. The van der Waals surface area contributed by atoms with Crippen LogP contribution in [0.3, 0.4) is 0 Å². The largest absolute Gasteiger partial charge is 0.303 e.